The molecule has 150 valence electrons. The van der Waals surface area contributed by atoms with Gasteiger partial charge in [0.05, 0.1) is 11.4 Å². The average Bonchev–Trinajstić information content (AvgIpc) is 3.11. The normalized spacial score (nSPS) is 11.4. The number of rotatable bonds is 4. The number of carboxylic acids is 1. The Morgan fingerprint density at radius 2 is 1.73 bits per heavy atom. The zero-order valence-corrected chi connectivity index (χ0v) is 17.9. The van der Waals surface area contributed by atoms with Crippen molar-refractivity contribution >= 4 is 57.6 Å². The van der Waals surface area contributed by atoms with E-state index in [1.165, 1.54) is 4.40 Å². The Morgan fingerprint density at radius 3 is 2.37 bits per heavy atom. The van der Waals surface area contributed by atoms with Crippen LogP contribution in [-0.2, 0) is 0 Å². The second kappa shape index (κ2) is 8.07. The molecule has 0 bridgehead atoms. The maximum atomic E-state index is 13.0. The van der Waals surface area contributed by atoms with E-state index < -0.39 is 11.5 Å². The van der Waals surface area contributed by atoms with Gasteiger partial charge in [-0.2, -0.15) is 0 Å². The summed E-state index contributed by atoms with van der Waals surface area (Å²) in [7, 11) is 0. The Hall–Kier alpha value is -2.93. The van der Waals surface area contributed by atoms with Gasteiger partial charge in [0.2, 0.25) is 0 Å². The van der Waals surface area contributed by atoms with Crippen LogP contribution in [0.15, 0.2) is 53.3 Å². The van der Waals surface area contributed by atoms with Gasteiger partial charge in [-0.25, -0.2) is 14.2 Å². The number of thiazole rings is 1. The zero-order valence-electron chi connectivity index (χ0n) is 15.6. The summed E-state index contributed by atoms with van der Waals surface area (Å²) in [5.74, 6) is -1.15. The van der Waals surface area contributed by atoms with Crippen molar-refractivity contribution in [1.29, 1.82) is 0 Å². The van der Waals surface area contributed by atoms with Gasteiger partial charge in [-0.1, -0.05) is 82.6 Å². The van der Waals surface area contributed by atoms with E-state index in [0.29, 0.717) is 10.6 Å². The van der Waals surface area contributed by atoms with E-state index in [-0.39, 0.29) is 26.2 Å². The van der Waals surface area contributed by atoms with Crippen molar-refractivity contribution in [1.82, 2.24) is 9.38 Å². The standard InChI is InChI=1S/C22H14Cl2N2O3S/c1-12-2-4-13(5-3-12)6-11-16-17(24)20(27)26-18(14-7-9-15(23)10-8-14)19(21(28)29)30-22(26)25-16/h2-11H,1H3,(H,28,29)/b11-6+. The Kier molecular flexibility index (Phi) is 5.47. The Bertz CT molecular complexity index is 1350. The van der Waals surface area contributed by atoms with Gasteiger partial charge in [0.1, 0.15) is 9.90 Å². The summed E-state index contributed by atoms with van der Waals surface area (Å²) >= 11 is 13.2. The topological polar surface area (TPSA) is 71.7 Å². The van der Waals surface area contributed by atoms with Crippen LogP contribution in [0.3, 0.4) is 0 Å². The van der Waals surface area contributed by atoms with Crippen LogP contribution in [0, 0.1) is 6.92 Å². The fraction of sp³-hybridized carbons (Fsp3) is 0.0455. The SMILES string of the molecule is Cc1ccc(/C=C/c2nc3sc(C(=O)O)c(-c4ccc(Cl)cc4)n3c(=O)c2Cl)cc1. The van der Waals surface area contributed by atoms with Crippen molar-refractivity contribution in [2.45, 2.75) is 6.92 Å². The second-order valence-corrected chi connectivity index (χ2v) is 8.36. The third-order valence-corrected chi connectivity index (χ3v) is 6.11. The lowest BCUT2D eigenvalue weighted by atomic mass is 10.1. The minimum absolute atomic E-state index is 0.00217. The van der Waals surface area contributed by atoms with Crippen LogP contribution < -0.4 is 5.56 Å². The lowest BCUT2D eigenvalue weighted by Crippen LogP contribution is -2.17. The van der Waals surface area contributed by atoms with Crippen molar-refractivity contribution < 1.29 is 9.90 Å². The molecule has 0 spiro atoms. The highest BCUT2D eigenvalue weighted by Crippen LogP contribution is 2.32. The molecule has 0 saturated heterocycles. The van der Waals surface area contributed by atoms with Crippen LogP contribution in [0.4, 0.5) is 0 Å². The number of carbonyl (C=O) groups is 1. The Morgan fingerprint density at radius 1 is 1.07 bits per heavy atom. The molecule has 0 aliphatic rings. The lowest BCUT2D eigenvalue weighted by molar-refractivity contribution is 0.0702. The van der Waals surface area contributed by atoms with Crippen LogP contribution in [-0.4, -0.2) is 20.5 Å². The summed E-state index contributed by atoms with van der Waals surface area (Å²) in [4.78, 5) is 29.6. The van der Waals surface area contributed by atoms with E-state index >= 15 is 0 Å². The molecule has 4 rings (SSSR count). The predicted octanol–water partition coefficient (Wildman–Crippen LogP) is 5.91. The molecule has 2 aromatic heterocycles. The van der Waals surface area contributed by atoms with Crippen LogP contribution >= 0.6 is 34.5 Å². The number of halogens is 2. The molecule has 2 aromatic carbocycles. The molecule has 5 nitrogen and oxygen atoms in total. The molecule has 1 N–H and O–H groups in total. The first-order valence-corrected chi connectivity index (χ1v) is 10.4. The molecule has 0 atom stereocenters. The van der Waals surface area contributed by atoms with E-state index in [4.69, 9.17) is 23.2 Å². The highest BCUT2D eigenvalue weighted by molar-refractivity contribution is 7.19. The van der Waals surface area contributed by atoms with Gasteiger partial charge in [-0.15, -0.1) is 0 Å². The number of aryl methyl sites for hydroxylation is 1. The quantitative estimate of drug-likeness (QED) is 0.414. The highest BCUT2D eigenvalue weighted by atomic mass is 35.5. The van der Waals surface area contributed by atoms with Crippen molar-refractivity contribution in [3.05, 3.63) is 90.6 Å². The van der Waals surface area contributed by atoms with Gasteiger partial charge in [0.15, 0.2) is 4.96 Å². The summed E-state index contributed by atoms with van der Waals surface area (Å²) in [6.07, 6.45) is 3.45. The number of fused-ring (bicyclic) bond motifs is 1. The number of carboxylic acid groups (broad SMARTS) is 1. The molecule has 0 amide bonds. The summed E-state index contributed by atoms with van der Waals surface area (Å²) in [6, 6.07) is 14.4. The number of nitrogens with zero attached hydrogens (tertiary/aromatic N) is 2. The smallest absolute Gasteiger partial charge is 0.348 e. The van der Waals surface area contributed by atoms with Crippen molar-refractivity contribution in [2.75, 3.05) is 0 Å². The molecule has 0 saturated carbocycles. The number of aromatic nitrogens is 2. The Labute approximate surface area is 185 Å². The number of hydrogen-bond donors (Lipinski definition) is 1. The molecule has 0 aliphatic carbocycles. The van der Waals surface area contributed by atoms with Gasteiger partial charge in [0, 0.05) is 10.6 Å². The minimum atomic E-state index is -1.15. The molecular weight excluding hydrogens is 443 g/mol. The number of aromatic carboxylic acids is 1. The average molecular weight is 457 g/mol. The first-order chi connectivity index (χ1) is 14.3. The number of benzene rings is 2. The molecule has 4 aromatic rings. The molecule has 0 radical (unpaired) electrons. The summed E-state index contributed by atoms with van der Waals surface area (Å²) in [5, 5.41) is 10.1. The van der Waals surface area contributed by atoms with Gasteiger partial charge in [0.25, 0.3) is 5.56 Å². The molecule has 0 aliphatic heterocycles. The van der Waals surface area contributed by atoms with E-state index in [9.17, 15) is 14.7 Å². The summed E-state index contributed by atoms with van der Waals surface area (Å²) in [6.45, 7) is 2.00. The maximum Gasteiger partial charge on any atom is 0.348 e. The van der Waals surface area contributed by atoms with Gasteiger partial charge >= 0.3 is 5.97 Å². The largest absolute Gasteiger partial charge is 0.477 e. The predicted molar refractivity (Wildman–Crippen MR) is 122 cm³/mol. The third-order valence-electron chi connectivity index (χ3n) is 4.48. The third kappa shape index (κ3) is 3.77. The first kappa shape index (κ1) is 20.3. The fourth-order valence-electron chi connectivity index (χ4n) is 2.98. The van der Waals surface area contributed by atoms with Crippen LogP contribution in [0.25, 0.3) is 28.4 Å². The fourth-order valence-corrected chi connectivity index (χ4v) is 4.28. The summed E-state index contributed by atoms with van der Waals surface area (Å²) in [5.41, 5.74) is 2.58. The van der Waals surface area contributed by atoms with Crippen LogP contribution in [0.5, 0.6) is 0 Å². The Balaban J connectivity index is 1.90. The zero-order chi connectivity index (χ0) is 21.4. The van der Waals surface area contributed by atoms with E-state index in [1.807, 2.05) is 31.2 Å². The minimum Gasteiger partial charge on any atom is -0.477 e. The summed E-state index contributed by atoms with van der Waals surface area (Å²) < 4.78 is 1.24. The van der Waals surface area contributed by atoms with Gasteiger partial charge < -0.3 is 5.11 Å². The van der Waals surface area contributed by atoms with Crippen molar-refractivity contribution in [3.63, 3.8) is 0 Å². The monoisotopic (exact) mass is 456 g/mol. The molecule has 8 heteroatoms. The molecule has 2 heterocycles. The molecular formula is C22H14Cl2N2O3S. The van der Waals surface area contributed by atoms with E-state index in [1.54, 1.807) is 36.4 Å². The van der Waals surface area contributed by atoms with Crippen LogP contribution in [0.2, 0.25) is 10.0 Å². The van der Waals surface area contributed by atoms with Crippen molar-refractivity contribution in [3.8, 4) is 11.3 Å². The lowest BCUT2D eigenvalue weighted by Gasteiger charge is -2.05. The molecule has 0 unspecified atom stereocenters. The van der Waals surface area contributed by atoms with Gasteiger partial charge in [-0.05, 0) is 30.7 Å². The maximum absolute atomic E-state index is 13.0. The van der Waals surface area contributed by atoms with Crippen LogP contribution in [0.1, 0.15) is 26.5 Å². The van der Waals surface area contributed by atoms with E-state index in [0.717, 1.165) is 22.5 Å². The van der Waals surface area contributed by atoms with E-state index in [2.05, 4.69) is 4.98 Å². The first-order valence-electron chi connectivity index (χ1n) is 8.84. The molecule has 30 heavy (non-hydrogen) atoms. The van der Waals surface area contributed by atoms with Gasteiger partial charge in [-0.3, -0.25) is 4.79 Å². The number of hydrogen-bond acceptors (Lipinski definition) is 4. The van der Waals surface area contributed by atoms with Crippen molar-refractivity contribution in [2.24, 2.45) is 0 Å². The second-order valence-electron chi connectivity index (χ2n) is 6.57. The highest BCUT2D eigenvalue weighted by Gasteiger charge is 2.23. The molecule has 0 fully saturated rings.